The van der Waals surface area contributed by atoms with Crippen molar-refractivity contribution in [1.82, 2.24) is 0 Å². The highest BCUT2D eigenvalue weighted by atomic mass is 32.2. The van der Waals surface area contributed by atoms with Crippen LogP contribution in [0.2, 0.25) is 0 Å². The summed E-state index contributed by atoms with van der Waals surface area (Å²) in [6, 6.07) is 33.1. The van der Waals surface area contributed by atoms with Crippen molar-refractivity contribution in [3.8, 4) is 0 Å². The summed E-state index contributed by atoms with van der Waals surface area (Å²) >= 11 is 9.41. The van der Waals surface area contributed by atoms with Gasteiger partial charge in [0.15, 0.2) is 0 Å². The molecule has 41 heavy (non-hydrogen) atoms. The molecule has 0 radical (unpaired) electrons. The van der Waals surface area contributed by atoms with Crippen molar-refractivity contribution in [2.75, 3.05) is 5.08 Å². The van der Waals surface area contributed by atoms with Gasteiger partial charge in [-0.15, -0.1) is 23.5 Å². The molecule has 208 valence electrons. The minimum atomic E-state index is -0.00729. The number of carbonyl (C=O) groups excluding carboxylic acids is 2. The molecule has 0 fully saturated rings. The molecule has 2 nitrogen and oxygen atoms in total. The second-order valence-corrected chi connectivity index (χ2v) is 15.5. The normalized spacial score (nSPS) is 10.8. The van der Waals surface area contributed by atoms with E-state index in [0.29, 0.717) is 11.1 Å². The third-order valence-electron chi connectivity index (χ3n) is 5.35. The van der Waals surface area contributed by atoms with Crippen molar-refractivity contribution in [3.05, 3.63) is 121 Å². The maximum atomic E-state index is 12.2. The van der Waals surface area contributed by atoms with Gasteiger partial charge in [0.05, 0.1) is 0 Å². The largest absolute Gasteiger partial charge is 0.282 e. The molecule has 4 aromatic rings. The van der Waals surface area contributed by atoms with E-state index < -0.39 is 0 Å². The van der Waals surface area contributed by atoms with Gasteiger partial charge in [-0.25, -0.2) is 0 Å². The predicted molar refractivity (Wildman–Crippen MR) is 182 cm³/mol. The Bertz CT molecular complexity index is 1430. The van der Waals surface area contributed by atoms with Crippen LogP contribution in [-0.4, -0.2) is 15.3 Å². The highest BCUT2D eigenvalue weighted by Gasteiger charge is 2.12. The van der Waals surface area contributed by atoms with Gasteiger partial charge in [0.2, 0.25) is 10.2 Å². The molecule has 0 unspecified atom stereocenters. The van der Waals surface area contributed by atoms with Gasteiger partial charge >= 0.3 is 0 Å². The van der Waals surface area contributed by atoms with Gasteiger partial charge in [-0.1, -0.05) is 60.9 Å². The van der Waals surface area contributed by atoms with Crippen molar-refractivity contribution in [2.24, 2.45) is 0 Å². The minimum absolute atomic E-state index is 0.00729. The fraction of sp³-hybridized carbons (Fsp3) is 0.0909. The molecule has 0 aromatic heterocycles. The first-order chi connectivity index (χ1) is 19.8. The first-order valence-corrected chi connectivity index (χ1v) is 17.8. The Morgan fingerprint density at radius 3 is 1.17 bits per heavy atom. The molecule has 0 bridgehead atoms. The molecule has 0 N–H and O–H groups in total. The number of hydrogen-bond donors (Lipinski definition) is 0. The van der Waals surface area contributed by atoms with E-state index in [1.165, 1.54) is 33.3 Å². The summed E-state index contributed by atoms with van der Waals surface area (Å²) in [4.78, 5) is 33.0. The first-order valence-electron chi connectivity index (χ1n) is 12.5. The summed E-state index contributed by atoms with van der Waals surface area (Å²) in [5, 5.41) is 0.892. The third-order valence-corrected chi connectivity index (χ3v) is 12.2. The van der Waals surface area contributed by atoms with Gasteiger partial charge in [-0.3, -0.25) is 9.59 Å². The van der Waals surface area contributed by atoms with Gasteiger partial charge in [0.25, 0.3) is 0 Å². The minimum Gasteiger partial charge on any atom is -0.282 e. The molecular formula is C33H28O2S6. The lowest BCUT2D eigenvalue weighted by atomic mass is 10.4. The van der Waals surface area contributed by atoms with Crippen LogP contribution in [0.3, 0.4) is 0 Å². The molecule has 4 rings (SSSR count). The number of benzene rings is 4. The fourth-order valence-corrected chi connectivity index (χ4v) is 8.78. The van der Waals surface area contributed by atoms with E-state index in [0.717, 1.165) is 34.5 Å². The van der Waals surface area contributed by atoms with E-state index >= 15 is 0 Å². The van der Waals surface area contributed by atoms with Gasteiger partial charge in [-0.05, 0) is 121 Å². The Hall–Kier alpha value is -2.20. The molecule has 0 amide bonds. The molecule has 0 aliphatic heterocycles. The van der Waals surface area contributed by atoms with Crippen LogP contribution in [0.4, 0.5) is 0 Å². The number of thioether (sulfide) groups is 4. The molecule has 4 aromatic carbocycles. The van der Waals surface area contributed by atoms with Crippen LogP contribution < -0.4 is 0 Å². The van der Waals surface area contributed by atoms with E-state index in [1.807, 2.05) is 72.1 Å². The maximum Gasteiger partial charge on any atom is 0.219 e. The number of hydrogen-bond acceptors (Lipinski definition) is 8. The van der Waals surface area contributed by atoms with Gasteiger partial charge in [-0.2, -0.15) is 0 Å². The Kier molecular flexibility index (Phi) is 12.3. The van der Waals surface area contributed by atoms with Crippen LogP contribution in [0.25, 0.3) is 0 Å². The van der Waals surface area contributed by atoms with Crippen LogP contribution in [0, 0.1) is 0 Å². The Morgan fingerprint density at radius 2 is 0.829 bits per heavy atom. The molecule has 0 aliphatic rings. The zero-order valence-electron chi connectivity index (χ0n) is 22.6. The topological polar surface area (TPSA) is 34.1 Å². The summed E-state index contributed by atoms with van der Waals surface area (Å²) in [6.07, 6.45) is 0. The molecule has 0 aliphatic carbocycles. The monoisotopic (exact) mass is 648 g/mol. The van der Waals surface area contributed by atoms with E-state index in [2.05, 4.69) is 61.7 Å². The quantitative estimate of drug-likeness (QED) is 0.0853. The van der Waals surface area contributed by atoms with Crippen LogP contribution in [0.15, 0.2) is 161 Å². The van der Waals surface area contributed by atoms with E-state index in [1.54, 1.807) is 37.4 Å². The Morgan fingerprint density at radius 1 is 0.512 bits per heavy atom. The van der Waals surface area contributed by atoms with Crippen LogP contribution in [-0.2, 0) is 9.59 Å². The Balaban J connectivity index is 1.28. The molecule has 8 heteroatoms. The van der Waals surface area contributed by atoms with Crippen LogP contribution in [0.5, 0.6) is 0 Å². The van der Waals surface area contributed by atoms with Crippen LogP contribution >= 0.6 is 70.6 Å². The van der Waals surface area contributed by atoms with E-state index in [-0.39, 0.29) is 10.2 Å². The van der Waals surface area contributed by atoms with Gasteiger partial charge < -0.3 is 0 Å². The highest BCUT2D eigenvalue weighted by molar-refractivity contribution is 8.16. The third kappa shape index (κ3) is 9.94. The second kappa shape index (κ2) is 15.9. The smallest absolute Gasteiger partial charge is 0.219 e. The summed E-state index contributed by atoms with van der Waals surface area (Å²) in [5.41, 5.74) is 1.11. The second-order valence-electron chi connectivity index (χ2n) is 8.79. The van der Waals surface area contributed by atoms with Crippen molar-refractivity contribution < 1.29 is 9.59 Å². The molecule has 0 saturated heterocycles. The SMILES string of the molecule is C=C(C)C(=O)Sc1ccccc1Sc1ccc(SCSc2ccc(Sc3ccccc3SC(=O)C(=C)C)cc2)cc1. The highest BCUT2D eigenvalue weighted by Crippen LogP contribution is 2.39. The van der Waals surface area contributed by atoms with Gasteiger partial charge in [0.1, 0.15) is 0 Å². The van der Waals surface area contributed by atoms with Crippen LogP contribution in [0.1, 0.15) is 13.8 Å². The molecule has 0 heterocycles. The summed E-state index contributed by atoms with van der Waals surface area (Å²) in [6.45, 7) is 11.0. The summed E-state index contributed by atoms with van der Waals surface area (Å²) < 4.78 is 0. The average Bonchev–Trinajstić information content (AvgIpc) is 2.96. The lowest BCUT2D eigenvalue weighted by Crippen LogP contribution is -1.92. The Labute approximate surface area is 268 Å². The lowest BCUT2D eigenvalue weighted by molar-refractivity contribution is -0.108. The molecular weight excluding hydrogens is 621 g/mol. The van der Waals surface area contributed by atoms with E-state index in [9.17, 15) is 9.59 Å². The van der Waals surface area contributed by atoms with Gasteiger partial charge in [0, 0.05) is 44.2 Å². The van der Waals surface area contributed by atoms with Crippen molar-refractivity contribution in [2.45, 2.75) is 53.0 Å². The number of carbonyl (C=O) groups is 2. The predicted octanol–water partition coefficient (Wildman–Crippen LogP) is 11.2. The maximum absolute atomic E-state index is 12.2. The molecule has 0 atom stereocenters. The fourth-order valence-electron chi connectivity index (χ4n) is 3.24. The van der Waals surface area contributed by atoms with Crippen molar-refractivity contribution >= 4 is 80.8 Å². The zero-order valence-corrected chi connectivity index (χ0v) is 27.5. The molecule has 0 spiro atoms. The van der Waals surface area contributed by atoms with Crippen molar-refractivity contribution in [1.29, 1.82) is 0 Å². The summed E-state index contributed by atoms with van der Waals surface area (Å²) in [7, 11) is 0. The standard InChI is InChI=1S/C33H28O2S6/c1-22(2)32(34)40-30-11-7-5-9-28(30)38-26-17-13-24(14-18-26)36-21-37-25-15-19-27(20-16-25)39-29-10-6-8-12-31(29)41-33(35)23(3)4/h5-20H,1,3,21H2,2,4H3. The molecule has 0 saturated carbocycles. The lowest BCUT2D eigenvalue weighted by Gasteiger charge is -2.09. The zero-order chi connectivity index (χ0) is 29.2. The van der Waals surface area contributed by atoms with E-state index in [4.69, 9.17) is 0 Å². The average molecular weight is 649 g/mol. The summed E-state index contributed by atoms with van der Waals surface area (Å²) in [5.74, 6) is 0. The van der Waals surface area contributed by atoms with Crippen molar-refractivity contribution in [3.63, 3.8) is 0 Å². The number of rotatable bonds is 12. The first kappa shape index (κ1) is 31.7.